The summed E-state index contributed by atoms with van der Waals surface area (Å²) in [6, 6.07) is 9.62. The summed E-state index contributed by atoms with van der Waals surface area (Å²) < 4.78 is 5.94. The zero-order chi connectivity index (χ0) is 22.9. The van der Waals surface area contributed by atoms with Crippen LogP contribution in [-0.2, 0) is 6.42 Å². The number of aliphatic hydroxyl groups excluding tert-OH is 1. The minimum atomic E-state index is -0.262. The lowest BCUT2D eigenvalue weighted by atomic mass is 9.92. The number of carbonyl (C=O) groups is 1. The number of aromatic nitrogens is 1. The summed E-state index contributed by atoms with van der Waals surface area (Å²) in [6.45, 7) is 8.59. The minimum absolute atomic E-state index is 0.0754. The molecule has 2 heterocycles. The summed E-state index contributed by atoms with van der Waals surface area (Å²) in [7, 11) is 0. The number of anilines is 1. The molecule has 1 aromatic carbocycles. The molecular formula is C26H37N3O3. The van der Waals surface area contributed by atoms with E-state index in [0.29, 0.717) is 12.2 Å². The molecule has 1 fully saturated rings. The average Bonchev–Trinajstić information content (AvgIpc) is 2.82. The van der Waals surface area contributed by atoms with Crippen LogP contribution in [0.3, 0.4) is 0 Å². The molecule has 6 heteroatoms. The molecule has 0 spiro atoms. The molecule has 2 N–H and O–H groups in total. The number of nitrogens with zero attached hydrogens (tertiary/aromatic N) is 2. The van der Waals surface area contributed by atoms with E-state index in [4.69, 9.17) is 9.84 Å². The van der Waals surface area contributed by atoms with E-state index >= 15 is 0 Å². The van der Waals surface area contributed by atoms with Crippen LogP contribution in [0.1, 0.15) is 61.0 Å². The van der Waals surface area contributed by atoms with Gasteiger partial charge in [-0.05, 0) is 87.3 Å². The van der Waals surface area contributed by atoms with Gasteiger partial charge in [0.2, 0.25) is 0 Å². The maximum Gasteiger partial charge on any atom is 0.251 e. The average molecular weight is 440 g/mol. The second kappa shape index (κ2) is 11.9. The highest BCUT2D eigenvalue weighted by Gasteiger charge is 2.20. The first-order chi connectivity index (χ1) is 15.5. The molecule has 1 aliphatic heterocycles. The molecule has 3 rings (SSSR count). The Bertz CT molecular complexity index is 861. The van der Waals surface area contributed by atoms with Crippen LogP contribution >= 0.6 is 0 Å². The number of aryl methyl sites for hydroxylation is 2. The summed E-state index contributed by atoms with van der Waals surface area (Å²) in [6.07, 6.45) is 7.63. The van der Waals surface area contributed by atoms with Crippen LogP contribution in [0.4, 0.5) is 5.82 Å². The fraction of sp³-hybridized carbons (Fsp3) is 0.538. The van der Waals surface area contributed by atoms with E-state index in [1.54, 1.807) is 13.0 Å². The largest absolute Gasteiger partial charge is 0.494 e. The van der Waals surface area contributed by atoms with Crippen molar-refractivity contribution in [2.45, 2.75) is 58.9 Å². The topological polar surface area (TPSA) is 74.7 Å². The zero-order valence-electron chi connectivity index (χ0n) is 19.6. The molecule has 0 aliphatic carbocycles. The van der Waals surface area contributed by atoms with E-state index in [9.17, 15) is 4.79 Å². The molecule has 1 aromatic heterocycles. The Balaban J connectivity index is 1.37. The molecule has 1 saturated heterocycles. The SMILES string of the molecule is CCc1ccc(N2CCC(CCCOc3ccc(C(=O)NC(C)CO)c(C)c3)CC2)nc1. The quantitative estimate of drug-likeness (QED) is 0.544. The predicted molar refractivity (Wildman–Crippen MR) is 128 cm³/mol. The Morgan fingerprint density at radius 1 is 1.28 bits per heavy atom. The van der Waals surface area contributed by atoms with Crippen molar-refractivity contribution in [2.75, 3.05) is 31.2 Å². The maximum absolute atomic E-state index is 12.3. The first-order valence-corrected chi connectivity index (χ1v) is 11.8. The van der Waals surface area contributed by atoms with E-state index in [2.05, 4.69) is 34.3 Å². The van der Waals surface area contributed by atoms with Crippen molar-refractivity contribution in [1.29, 1.82) is 0 Å². The van der Waals surface area contributed by atoms with Gasteiger partial charge < -0.3 is 20.1 Å². The van der Waals surface area contributed by atoms with E-state index in [1.165, 1.54) is 24.8 Å². The number of carbonyl (C=O) groups excluding carboxylic acids is 1. The summed E-state index contributed by atoms with van der Waals surface area (Å²) in [5.74, 6) is 2.47. The third-order valence-corrected chi connectivity index (χ3v) is 6.28. The van der Waals surface area contributed by atoms with Gasteiger partial charge in [0.1, 0.15) is 11.6 Å². The summed E-state index contributed by atoms with van der Waals surface area (Å²) >= 11 is 0. The Morgan fingerprint density at radius 2 is 2.06 bits per heavy atom. The number of piperidine rings is 1. The lowest BCUT2D eigenvalue weighted by Crippen LogP contribution is -2.35. The Morgan fingerprint density at radius 3 is 2.69 bits per heavy atom. The van der Waals surface area contributed by atoms with Crippen LogP contribution < -0.4 is 15.0 Å². The third-order valence-electron chi connectivity index (χ3n) is 6.28. The highest BCUT2D eigenvalue weighted by Crippen LogP contribution is 2.25. The number of rotatable bonds is 10. The molecule has 0 bridgehead atoms. The molecular weight excluding hydrogens is 402 g/mol. The summed E-state index contributed by atoms with van der Waals surface area (Å²) in [5.41, 5.74) is 2.77. The van der Waals surface area contributed by atoms with E-state index < -0.39 is 0 Å². The molecule has 32 heavy (non-hydrogen) atoms. The Hall–Kier alpha value is -2.60. The Kier molecular flexibility index (Phi) is 8.91. The van der Waals surface area contributed by atoms with Gasteiger partial charge in [0, 0.05) is 30.9 Å². The minimum Gasteiger partial charge on any atom is -0.494 e. The van der Waals surface area contributed by atoms with E-state index in [1.807, 2.05) is 25.3 Å². The predicted octanol–water partition coefficient (Wildman–Crippen LogP) is 4.14. The van der Waals surface area contributed by atoms with Gasteiger partial charge in [-0.2, -0.15) is 0 Å². The monoisotopic (exact) mass is 439 g/mol. The number of nitrogens with one attached hydrogen (secondary N) is 1. The van der Waals surface area contributed by atoms with Gasteiger partial charge in [0.25, 0.3) is 5.91 Å². The van der Waals surface area contributed by atoms with Gasteiger partial charge in [-0.25, -0.2) is 4.98 Å². The van der Waals surface area contributed by atoms with E-state index in [0.717, 1.165) is 49.0 Å². The number of pyridine rings is 1. The number of benzene rings is 1. The zero-order valence-corrected chi connectivity index (χ0v) is 19.6. The standard InChI is InChI=1S/C26H37N3O3/c1-4-21-7-10-25(27-17-21)29-13-11-22(12-14-29)6-5-15-32-23-8-9-24(19(2)16-23)26(31)28-20(3)18-30/h7-10,16-17,20,22,30H,4-6,11-15,18H2,1-3H3,(H,28,31). The van der Waals surface area contributed by atoms with Crippen molar-refractivity contribution in [3.05, 3.63) is 53.2 Å². The molecule has 6 nitrogen and oxygen atoms in total. The maximum atomic E-state index is 12.3. The van der Waals surface area contributed by atoms with Crippen LogP contribution in [0.2, 0.25) is 0 Å². The molecule has 1 amide bonds. The van der Waals surface area contributed by atoms with E-state index in [-0.39, 0.29) is 18.6 Å². The van der Waals surface area contributed by atoms with Crippen LogP contribution in [-0.4, -0.2) is 48.3 Å². The molecule has 0 radical (unpaired) electrons. The number of amides is 1. The first kappa shape index (κ1) is 24.1. The molecule has 1 unspecified atom stereocenters. The molecule has 0 saturated carbocycles. The normalized spacial score (nSPS) is 15.4. The van der Waals surface area contributed by atoms with Gasteiger partial charge in [-0.3, -0.25) is 4.79 Å². The number of hydrogen-bond acceptors (Lipinski definition) is 5. The van der Waals surface area contributed by atoms with Crippen LogP contribution in [0.5, 0.6) is 5.75 Å². The van der Waals surface area contributed by atoms with Crippen molar-refractivity contribution in [3.8, 4) is 5.75 Å². The highest BCUT2D eigenvalue weighted by atomic mass is 16.5. The van der Waals surface area contributed by atoms with Gasteiger partial charge in [0.15, 0.2) is 0 Å². The highest BCUT2D eigenvalue weighted by molar-refractivity contribution is 5.95. The van der Waals surface area contributed by atoms with Crippen molar-refractivity contribution in [1.82, 2.24) is 10.3 Å². The van der Waals surface area contributed by atoms with Gasteiger partial charge in [0.05, 0.1) is 13.2 Å². The second-order valence-corrected chi connectivity index (χ2v) is 8.83. The van der Waals surface area contributed by atoms with Gasteiger partial charge in [-0.1, -0.05) is 13.0 Å². The van der Waals surface area contributed by atoms with Crippen LogP contribution in [0, 0.1) is 12.8 Å². The molecule has 1 atom stereocenters. The number of aliphatic hydroxyl groups is 1. The second-order valence-electron chi connectivity index (χ2n) is 8.83. The third kappa shape index (κ3) is 6.70. The fourth-order valence-corrected chi connectivity index (χ4v) is 4.15. The number of hydrogen-bond donors (Lipinski definition) is 2. The van der Waals surface area contributed by atoms with Crippen molar-refractivity contribution < 1.29 is 14.6 Å². The summed E-state index contributed by atoms with van der Waals surface area (Å²) in [5, 5.41) is 11.9. The molecule has 1 aliphatic rings. The van der Waals surface area contributed by atoms with Crippen LogP contribution in [0.25, 0.3) is 0 Å². The van der Waals surface area contributed by atoms with Crippen molar-refractivity contribution >= 4 is 11.7 Å². The van der Waals surface area contributed by atoms with Crippen molar-refractivity contribution in [2.24, 2.45) is 5.92 Å². The fourth-order valence-electron chi connectivity index (χ4n) is 4.15. The van der Waals surface area contributed by atoms with Crippen molar-refractivity contribution in [3.63, 3.8) is 0 Å². The lowest BCUT2D eigenvalue weighted by Gasteiger charge is -2.33. The lowest BCUT2D eigenvalue weighted by molar-refractivity contribution is 0.0921. The molecule has 174 valence electrons. The van der Waals surface area contributed by atoms with Crippen LogP contribution in [0.15, 0.2) is 36.5 Å². The molecule has 2 aromatic rings. The summed E-state index contributed by atoms with van der Waals surface area (Å²) in [4.78, 5) is 19.3. The first-order valence-electron chi connectivity index (χ1n) is 11.8. The Labute approximate surface area is 192 Å². The number of ether oxygens (including phenoxy) is 1. The smallest absolute Gasteiger partial charge is 0.251 e. The van der Waals surface area contributed by atoms with Gasteiger partial charge in [-0.15, -0.1) is 0 Å². The van der Waals surface area contributed by atoms with Gasteiger partial charge >= 0.3 is 0 Å².